The van der Waals surface area contributed by atoms with Crippen LogP contribution in [0.25, 0.3) is 0 Å². The van der Waals surface area contributed by atoms with Gasteiger partial charge in [0.25, 0.3) is 0 Å². The lowest BCUT2D eigenvalue weighted by atomic mass is 9.75. The van der Waals surface area contributed by atoms with Gasteiger partial charge in [-0.2, -0.15) is 0 Å². The van der Waals surface area contributed by atoms with Crippen LogP contribution in [0.15, 0.2) is 18.2 Å². The fourth-order valence-electron chi connectivity index (χ4n) is 3.60. The van der Waals surface area contributed by atoms with E-state index >= 15 is 0 Å². The van der Waals surface area contributed by atoms with Gasteiger partial charge < -0.3 is 5.11 Å². The van der Waals surface area contributed by atoms with Gasteiger partial charge in [-0.05, 0) is 55.3 Å². The van der Waals surface area contributed by atoms with Crippen molar-refractivity contribution < 1.29 is 5.11 Å². The van der Waals surface area contributed by atoms with Gasteiger partial charge in [0.1, 0.15) is 5.75 Å². The Bertz CT molecular complexity index is 488. The Morgan fingerprint density at radius 2 is 2.28 bits per heavy atom. The molecule has 1 aliphatic heterocycles. The molecule has 0 bridgehead atoms. The third kappa shape index (κ3) is 1.89. The minimum Gasteiger partial charge on any atom is -0.508 e. The molecular formula is C16H19NO. The number of fused-ring (bicyclic) bond motifs is 2. The predicted molar refractivity (Wildman–Crippen MR) is 72.4 cm³/mol. The lowest BCUT2D eigenvalue weighted by molar-refractivity contribution is 0.0986. The summed E-state index contributed by atoms with van der Waals surface area (Å²) in [5.41, 5.74) is 2.47. The van der Waals surface area contributed by atoms with Gasteiger partial charge in [-0.15, -0.1) is 6.42 Å². The summed E-state index contributed by atoms with van der Waals surface area (Å²) in [7, 11) is 0. The maximum Gasteiger partial charge on any atom is 0.119 e. The first-order valence-electron chi connectivity index (χ1n) is 6.77. The monoisotopic (exact) mass is 241 g/mol. The van der Waals surface area contributed by atoms with E-state index in [-0.39, 0.29) is 0 Å². The fraction of sp³-hybridized carbons (Fsp3) is 0.500. The first-order valence-corrected chi connectivity index (χ1v) is 6.77. The largest absolute Gasteiger partial charge is 0.508 e. The van der Waals surface area contributed by atoms with Crippen LogP contribution >= 0.6 is 0 Å². The van der Waals surface area contributed by atoms with Gasteiger partial charge in [-0.1, -0.05) is 18.1 Å². The topological polar surface area (TPSA) is 23.5 Å². The van der Waals surface area contributed by atoms with E-state index < -0.39 is 0 Å². The van der Waals surface area contributed by atoms with Crippen molar-refractivity contribution >= 4 is 0 Å². The first kappa shape index (κ1) is 11.6. The number of piperidine rings is 1. The summed E-state index contributed by atoms with van der Waals surface area (Å²) in [4.78, 5) is 2.45. The summed E-state index contributed by atoms with van der Waals surface area (Å²) in [5, 5.41) is 9.97. The first-order chi connectivity index (χ1) is 8.79. The highest BCUT2D eigenvalue weighted by Crippen LogP contribution is 2.37. The van der Waals surface area contributed by atoms with Crippen molar-refractivity contribution in [1.29, 1.82) is 0 Å². The van der Waals surface area contributed by atoms with Crippen molar-refractivity contribution in [3.8, 4) is 18.1 Å². The summed E-state index contributed by atoms with van der Waals surface area (Å²) in [6, 6.07) is 6.47. The molecule has 2 unspecified atom stereocenters. The Labute approximate surface area is 109 Å². The summed E-state index contributed by atoms with van der Waals surface area (Å²) in [6.45, 7) is 1.88. The van der Waals surface area contributed by atoms with Gasteiger partial charge in [0, 0.05) is 6.04 Å². The summed E-state index contributed by atoms with van der Waals surface area (Å²) >= 11 is 0. The van der Waals surface area contributed by atoms with Crippen LogP contribution in [0.3, 0.4) is 0 Å². The molecule has 1 aliphatic carbocycles. The van der Waals surface area contributed by atoms with Crippen LogP contribution < -0.4 is 0 Å². The number of phenols is 1. The Morgan fingerprint density at radius 1 is 1.39 bits per heavy atom. The van der Waals surface area contributed by atoms with Gasteiger partial charge in [-0.25, -0.2) is 0 Å². The van der Waals surface area contributed by atoms with Crippen molar-refractivity contribution in [2.75, 3.05) is 13.1 Å². The number of rotatable bonds is 1. The minimum atomic E-state index is 0.472. The molecule has 1 heterocycles. The van der Waals surface area contributed by atoms with E-state index in [9.17, 15) is 5.11 Å². The molecule has 1 aromatic carbocycles. The molecule has 0 aromatic heterocycles. The van der Waals surface area contributed by atoms with Crippen molar-refractivity contribution in [3.05, 3.63) is 29.3 Å². The molecule has 3 rings (SSSR count). The Hall–Kier alpha value is -1.46. The molecule has 1 saturated heterocycles. The van der Waals surface area contributed by atoms with Crippen LogP contribution in [0, 0.1) is 18.3 Å². The molecule has 2 heteroatoms. The van der Waals surface area contributed by atoms with Crippen molar-refractivity contribution in [2.24, 2.45) is 5.92 Å². The Kier molecular flexibility index (Phi) is 3.01. The molecule has 1 N–H and O–H groups in total. The molecule has 1 aromatic rings. The van der Waals surface area contributed by atoms with Gasteiger partial charge in [0.15, 0.2) is 0 Å². The number of benzene rings is 1. The average Bonchev–Trinajstić information content (AvgIpc) is 2.38. The molecule has 0 amide bonds. The lowest BCUT2D eigenvalue weighted by Crippen LogP contribution is -2.49. The molecule has 2 nitrogen and oxygen atoms in total. The molecule has 18 heavy (non-hydrogen) atoms. The zero-order valence-corrected chi connectivity index (χ0v) is 10.6. The number of phenolic OH excluding ortho intramolecular Hbond substituents is 1. The highest BCUT2D eigenvalue weighted by molar-refractivity contribution is 5.42. The molecule has 1 fully saturated rings. The van der Waals surface area contributed by atoms with Gasteiger partial charge in [0.2, 0.25) is 0 Å². The highest BCUT2D eigenvalue weighted by Gasteiger charge is 2.35. The summed E-state index contributed by atoms with van der Waals surface area (Å²) in [6.07, 6.45) is 10.0. The third-order valence-electron chi connectivity index (χ3n) is 4.47. The van der Waals surface area contributed by atoms with Gasteiger partial charge >= 0.3 is 0 Å². The van der Waals surface area contributed by atoms with Crippen LogP contribution in [0.5, 0.6) is 5.75 Å². The third-order valence-corrected chi connectivity index (χ3v) is 4.47. The Balaban J connectivity index is 1.90. The maximum atomic E-state index is 9.97. The second kappa shape index (κ2) is 4.66. The second-order valence-corrected chi connectivity index (χ2v) is 5.47. The van der Waals surface area contributed by atoms with Crippen LogP contribution in [0.1, 0.15) is 24.0 Å². The van der Waals surface area contributed by atoms with E-state index in [0.717, 1.165) is 25.9 Å². The van der Waals surface area contributed by atoms with Crippen LogP contribution in [0.4, 0.5) is 0 Å². The quantitative estimate of drug-likeness (QED) is 0.762. The van der Waals surface area contributed by atoms with Crippen LogP contribution in [-0.2, 0) is 12.8 Å². The molecule has 0 saturated carbocycles. The van der Waals surface area contributed by atoms with Crippen molar-refractivity contribution in [3.63, 3.8) is 0 Å². The van der Waals surface area contributed by atoms with Gasteiger partial charge in [-0.3, -0.25) is 4.90 Å². The molecule has 0 radical (unpaired) electrons. The van der Waals surface area contributed by atoms with E-state index in [1.807, 2.05) is 6.07 Å². The van der Waals surface area contributed by atoms with Crippen LogP contribution in [0.2, 0.25) is 0 Å². The highest BCUT2D eigenvalue weighted by atomic mass is 16.3. The Morgan fingerprint density at radius 3 is 3.11 bits per heavy atom. The van der Waals surface area contributed by atoms with Gasteiger partial charge in [0.05, 0.1) is 6.54 Å². The second-order valence-electron chi connectivity index (χ2n) is 5.47. The lowest BCUT2D eigenvalue weighted by Gasteiger charge is -2.44. The van der Waals surface area contributed by atoms with Crippen molar-refractivity contribution in [2.45, 2.75) is 31.7 Å². The SMILES string of the molecule is C#CCN1CCCC2Cc3c(O)cccc3CC21. The number of hydrogen-bond donors (Lipinski definition) is 1. The van der Waals surface area contributed by atoms with E-state index in [0.29, 0.717) is 17.7 Å². The molecule has 94 valence electrons. The van der Waals surface area contributed by atoms with E-state index in [1.54, 1.807) is 6.07 Å². The zero-order valence-electron chi connectivity index (χ0n) is 10.6. The van der Waals surface area contributed by atoms with Crippen LogP contribution in [-0.4, -0.2) is 29.1 Å². The summed E-state index contributed by atoms with van der Waals surface area (Å²) in [5.74, 6) is 3.91. The predicted octanol–water partition coefficient (Wildman–Crippen LogP) is 2.20. The van der Waals surface area contributed by atoms with E-state index in [1.165, 1.54) is 24.0 Å². The molecular weight excluding hydrogens is 222 g/mol. The fourth-order valence-corrected chi connectivity index (χ4v) is 3.60. The molecule has 0 spiro atoms. The normalized spacial score (nSPS) is 27.1. The standard InChI is InChI=1S/C16H19NO/c1-2-8-17-9-4-6-13-10-14-12(11-15(13)17)5-3-7-16(14)18/h1,3,5,7,13,15,18H,4,6,8-11H2. The molecule has 2 aliphatic rings. The van der Waals surface area contributed by atoms with E-state index in [2.05, 4.69) is 16.9 Å². The smallest absolute Gasteiger partial charge is 0.119 e. The minimum absolute atomic E-state index is 0.472. The number of nitrogens with zero attached hydrogens (tertiary/aromatic N) is 1. The zero-order chi connectivity index (χ0) is 12.5. The van der Waals surface area contributed by atoms with Crippen molar-refractivity contribution in [1.82, 2.24) is 4.90 Å². The maximum absolute atomic E-state index is 9.97. The number of likely N-dealkylation sites (tertiary alicyclic amines) is 1. The number of aromatic hydroxyl groups is 1. The average molecular weight is 241 g/mol. The van der Waals surface area contributed by atoms with E-state index in [4.69, 9.17) is 6.42 Å². The number of hydrogen-bond acceptors (Lipinski definition) is 2. The number of terminal acetylenes is 1. The molecule has 2 atom stereocenters. The summed E-state index contributed by atoms with van der Waals surface area (Å²) < 4.78 is 0.